The Labute approximate surface area is 117 Å². The second kappa shape index (κ2) is 4.98. The number of fused-ring (bicyclic) bond motifs is 1. The lowest BCUT2D eigenvalue weighted by molar-refractivity contribution is 0.134. The molecule has 0 spiro atoms. The van der Waals surface area contributed by atoms with Gasteiger partial charge < -0.3 is 0 Å². The highest BCUT2D eigenvalue weighted by atomic mass is 35.5. The molecule has 0 aliphatic carbocycles. The molecular weight excluding hydrogens is 262 g/mol. The molecule has 0 radical (unpaired) electrons. The van der Waals surface area contributed by atoms with Crippen molar-refractivity contribution in [3.63, 3.8) is 0 Å². The number of piperidine rings is 1. The van der Waals surface area contributed by atoms with Crippen LogP contribution in [0.4, 0.5) is 5.95 Å². The second-order valence-corrected chi connectivity index (χ2v) is 5.67. The van der Waals surface area contributed by atoms with Crippen LogP contribution >= 0.6 is 11.6 Å². The standard InChI is InChI=1S/C13H18ClN5/c1-9-4-3-5-10(2)19(9)17-13-15-12-7-6-11(14)8-18(12)16-13/h6-10H,3-5H2,1-2H3,(H,16,17). The summed E-state index contributed by atoms with van der Waals surface area (Å²) in [5.41, 5.74) is 4.13. The zero-order chi connectivity index (χ0) is 13.4. The zero-order valence-electron chi connectivity index (χ0n) is 11.2. The van der Waals surface area contributed by atoms with Crippen molar-refractivity contribution < 1.29 is 0 Å². The maximum absolute atomic E-state index is 5.95. The van der Waals surface area contributed by atoms with Gasteiger partial charge in [0.15, 0.2) is 5.65 Å². The van der Waals surface area contributed by atoms with Crippen LogP contribution in [0.2, 0.25) is 5.02 Å². The minimum Gasteiger partial charge on any atom is -0.285 e. The fourth-order valence-electron chi connectivity index (χ4n) is 2.66. The summed E-state index contributed by atoms with van der Waals surface area (Å²) in [5.74, 6) is 0.628. The minimum absolute atomic E-state index is 0.499. The van der Waals surface area contributed by atoms with Gasteiger partial charge in [-0.1, -0.05) is 18.0 Å². The molecular formula is C13H18ClN5. The highest BCUT2D eigenvalue weighted by Gasteiger charge is 2.25. The van der Waals surface area contributed by atoms with Crippen LogP contribution in [0.5, 0.6) is 0 Å². The lowest BCUT2D eigenvalue weighted by atomic mass is 10.00. The smallest absolute Gasteiger partial charge is 0.257 e. The predicted molar refractivity (Wildman–Crippen MR) is 76.2 cm³/mol. The van der Waals surface area contributed by atoms with Gasteiger partial charge in [0.2, 0.25) is 0 Å². The molecule has 1 saturated heterocycles. The Hall–Kier alpha value is -1.33. The van der Waals surface area contributed by atoms with E-state index in [0.29, 0.717) is 23.1 Å². The molecule has 1 N–H and O–H groups in total. The van der Waals surface area contributed by atoms with Gasteiger partial charge in [0.05, 0.1) is 5.02 Å². The van der Waals surface area contributed by atoms with Gasteiger partial charge in [0.1, 0.15) is 0 Å². The lowest BCUT2D eigenvalue weighted by Gasteiger charge is -2.38. The van der Waals surface area contributed by atoms with E-state index in [9.17, 15) is 0 Å². The van der Waals surface area contributed by atoms with Crippen molar-refractivity contribution in [2.45, 2.75) is 45.2 Å². The van der Waals surface area contributed by atoms with Gasteiger partial charge in [-0.2, -0.15) is 4.98 Å². The number of halogens is 1. The molecule has 2 unspecified atom stereocenters. The SMILES string of the molecule is CC1CCCC(C)N1Nc1nc2ccc(Cl)cn2n1. The Bertz CT molecular complexity index is 571. The van der Waals surface area contributed by atoms with Gasteiger partial charge in [-0.05, 0) is 38.8 Å². The normalized spacial score (nSPS) is 24.8. The van der Waals surface area contributed by atoms with Crippen molar-refractivity contribution in [1.29, 1.82) is 0 Å². The topological polar surface area (TPSA) is 45.5 Å². The van der Waals surface area contributed by atoms with E-state index in [0.717, 1.165) is 5.65 Å². The highest BCUT2D eigenvalue weighted by molar-refractivity contribution is 6.30. The van der Waals surface area contributed by atoms with E-state index in [1.165, 1.54) is 19.3 Å². The third-order valence-electron chi connectivity index (χ3n) is 3.72. The monoisotopic (exact) mass is 279 g/mol. The van der Waals surface area contributed by atoms with Crippen LogP contribution in [0.1, 0.15) is 33.1 Å². The van der Waals surface area contributed by atoms with E-state index in [1.54, 1.807) is 10.7 Å². The van der Waals surface area contributed by atoms with E-state index in [2.05, 4.69) is 34.4 Å². The minimum atomic E-state index is 0.499. The van der Waals surface area contributed by atoms with Crippen LogP contribution in [0, 0.1) is 0 Å². The Kier molecular flexibility index (Phi) is 3.33. The second-order valence-electron chi connectivity index (χ2n) is 5.23. The fraction of sp³-hybridized carbons (Fsp3) is 0.538. The Morgan fingerprint density at radius 1 is 1.26 bits per heavy atom. The van der Waals surface area contributed by atoms with E-state index in [-0.39, 0.29) is 0 Å². The van der Waals surface area contributed by atoms with E-state index >= 15 is 0 Å². The fourth-order valence-corrected chi connectivity index (χ4v) is 2.82. The summed E-state index contributed by atoms with van der Waals surface area (Å²) in [7, 11) is 0. The highest BCUT2D eigenvalue weighted by Crippen LogP contribution is 2.22. The molecule has 3 heterocycles. The molecule has 19 heavy (non-hydrogen) atoms. The molecule has 1 aliphatic heterocycles. The van der Waals surface area contributed by atoms with Gasteiger partial charge in [-0.3, -0.25) is 5.43 Å². The average Bonchev–Trinajstić information content (AvgIpc) is 2.75. The molecule has 0 aromatic carbocycles. The van der Waals surface area contributed by atoms with Crippen LogP contribution < -0.4 is 5.43 Å². The summed E-state index contributed by atoms with van der Waals surface area (Å²) in [6.45, 7) is 4.46. The molecule has 2 aromatic rings. The van der Waals surface area contributed by atoms with Crippen LogP contribution in [0.3, 0.4) is 0 Å². The molecule has 0 saturated carbocycles. The van der Waals surface area contributed by atoms with Crippen molar-refractivity contribution in [3.05, 3.63) is 23.4 Å². The molecule has 1 aliphatic rings. The summed E-state index contributed by atoms with van der Waals surface area (Å²) in [6, 6.07) is 4.68. The summed E-state index contributed by atoms with van der Waals surface area (Å²) >= 11 is 5.95. The van der Waals surface area contributed by atoms with Gasteiger partial charge in [0, 0.05) is 18.3 Å². The number of nitrogens with zero attached hydrogens (tertiary/aromatic N) is 4. The summed E-state index contributed by atoms with van der Waals surface area (Å²) in [4.78, 5) is 4.46. The number of anilines is 1. The number of nitrogens with one attached hydrogen (secondary N) is 1. The van der Waals surface area contributed by atoms with Gasteiger partial charge in [0.25, 0.3) is 5.95 Å². The number of hydrogen-bond donors (Lipinski definition) is 1. The number of pyridine rings is 1. The Balaban J connectivity index is 1.84. The third kappa shape index (κ3) is 2.53. The molecule has 2 aromatic heterocycles. The molecule has 6 heteroatoms. The Morgan fingerprint density at radius 2 is 2.00 bits per heavy atom. The number of rotatable bonds is 2. The first-order valence-electron chi connectivity index (χ1n) is 6.70. The van der Waals surface area contributed by atoms with Crippen molar-refractivity contribution in [1.82, 2.24) is 19.6 Å². The van der Waals surface area contributed by atoms with Crippen molar-refractivity contribution in [3.8, 4) is 0 Å². The Morgan fingerprint density at radius 3 is 2.74 bits per heavy atom. The first-order chi connectivity index (χ1) is 9.13. The lowest BCUT2D eigenvalue weighted by Crippen LogP contribution is -2.47. The van der Waals surface area contributed by atoms with Gasteiger partial charge >= 0.3 is 0 Å². The van der Waals surface area contributed by atoms with Crippen LogP contribution in [-0.4, -0.2) is 31.7 Å². The predicted octanol–water partition coefficient (Wildman–Crippen LogP) is 2.97. The van der Waals surface area contributed by atoms with Crippen molar-refractivity contribution in [2.24, 2.45) is 0 Å². The summed E-state index contributed by atoms with van der Waals surface area (Å²) in [5, 5.41) is 7.31. The molecule has 3 rings (SSSR count). The van der Waals surface area contributed by atoms with E-state index in [1.807, 2.05) is 12.1 Å². The number of hydrazine groups is 1. The van der Waals surface area contributed by atoms with Gasteiger partial charge in [-0.15, -0.1) is 5.10 Å². The third-order valence-corrected chi connectivity index (χ3v) is 3.94. The molecule has 0 bridgehead atoms. The van der Waals surface area contributed by atoms with Crippen LogP contribution in [0.15, 0.2) is 18.3 Å². The first kappa shape index (κ1) is 12.7. The first-order valence-corrected chi connectivity index (χ1v) is 7.08. The molecule has 2 atom stereocenters. The molecule has 5 nitrogen and oxygen atoms in total. The average molecular weight is 280 g/mol. The summed E-state index contributed by atoms with van der Waals surface area (Å²) < 4.78 is 1.70. The van der Waals surface area contributed by atoms with Crippen molar-refractivity contribution >= 4 is 23.2 Å². The zero-order valence-corrected chi connectivity index (χ0v) is 11.9. The van der Waals surface area contributed by atoms with Gasteiger partial charge in [-0.25, -0.2) is 9.52 Å². The van der Waals surface area contributed by atoms with Crippen LogP contribution in [0.25, 0.3) is 5.65 Å². The molecule has 1 fully saturated rings. The largest absolute Gasteiger partial charge is 0.285 e. The molecule has 102 valence electrons. The number of aromatic nitrogens is 3. The van der Waals surface area contributed by atoms with Crippen LogP contribution in [-0.2, 0) is 0 Å². The number of hydrogen-bond acceptors (Lipinski definition) is 4. The van der Waals surface area contributed by atoms with Crippen molar-refractivity contribution in [2.75, 3.05) is 5.43 Å². The summed E-state index contributed by atoms with van der Waals surface area (Å²) in [6.07, 6.45) is 5.46. The van der Waals surface area contributed by atoms with E-state index in [4.69, 9.17) is 11.6 Å². The van der Waals surface area contributed by atoms with E-state index < -0.39 is 0 Å². The maximum Gasteiger partial charge on any atom is 0.257 e. The molecule has 0 amide bonds. The maximum atomic E-state index is 5.95. The quantitative estimate of drug-likeness (QED) is 0.918.